The number of sulfonamides is 1. The van der Waals surface area contributed by atoms with Crippen LogP contribution in [0.15, 0.2) is 0 Å². The first-order valence-corrected chi connectivity index (χ1v) is 5.91. The molecule has 0 aliphatic heterocycles. The average Bonchev–Trinajstić information content (AvgIpc) is 1.85. The van der Waals surface area contributed by atoms with Gasteiger partial charge in [0.2, 0.25) is 0 Å². The molecular formula is C8H18KNO2S. The minimum Gasteiger partial charge on any atom is -0.564 e. The summed E-state index contributed by atoms with van der Waals surface area (Å²) in [6.07, 6.45) is 2.06. The quantitative estimate of drug-likeness (QED) is 0.604. The molecule has 0 heterocycles. The van der Waals surface area contributed by atoms with Gasteiger partial charge in [0.25, 0.3) is 0 Å². The second-order valence-electron chi connectivity index (χ2n) is 3.55. The molecule has 1 unspecified atom stereocenters. The molecule has 0 fully saturated rings. The van der Waals surface area contributed by atoms with Crippen molar-refractivity contribution in [2.24, 2.45) is 5.92 Å². The van der Waals surface area contributed by atoms with E-state index in [2.05, 4.69) is 13.8 Å². The van der Waals surface area contributed by atoms with E-state index in [-0.39, 0.29) is 51.4 Å². The summed E-state index contributed by atoms with van der Waals surface area (Å²) in [5.74, 6) is 0.515. The normalized spacial score (nSPS) is 13.9. The van der Waals surface area contributed by atoms with Gasteiger partial charge in [-0.3, -0.25) is 0 Å². The molecule has 3 nitrogen and oxygen atoms in total. The fourth-order valence-corrected chi connectivity index (χ4v) is 1.98. The van der Waals surface area contributed by atoms with Gasteiger partial charge in [-0.15, -0.1) is 0 Å². The molecule has 0 rings (SSSR count). The van der Waals surface area contributed by atoms with E-state index in [1.165, 1.54) is 0 Å². The topological polar surface area (TPSA) is 57.9 Å². The van der Waals surface area contributed by atoms with Crippen LogP contribution in [0.3, 0.4) is 0 Å². The molecule has 0 amide bonds. The Kier molecular flexibility index (Phi) is 10.2. The van der Waals surface area contributed by atoms with Crippen LogP contribution >= 0.6 is 0 Å². The van der Waals surface area contributed by atoms with Crippen LogP contribution in [-0.2, 0) is 10.0 Å². The van der Waals surface area contributed by atoms with E-state index in [0.717, 1.165) is 6.42 Å². The van der Waals surface area contributed by atoms with Crippen molar-refractivity contribution >= 4 is 10.0 Å². The standard InChI is InChI=1S/C8H18NO2S.K/c1-4-8(12(9,10)11)6-5-7(2)3;/h7-8H,4-6H2,1-3H3,(H-,9,10,11);/q-1;+1. The molecule has 1 atom stereocenters. The Bertz CT molecular complexity index is 214. The fraction of sp³-hybridized carbons (Fsp3) is 1.00. The molecule has 0 spiro atoms. The van der Waals surface area contributed by atoms with Crippen molar-refractivity contribution in [3.05, 3.63) is 5.14 Å². The Morgan fingerprint density at radius 3 is 1.92 bits per heavy atom. The van der Waals surface area contributed by atoms with Gasteiger partial charge in [0.05, 0.1) is 10.0 Å². The molecule has 1 N–H and O–H groups in total. The van der Waals surface area contributed by atoms with Crippen LogP contribution in [0.1, 0.15) is 40.0 Å². The molecule has 0 aromatic heterocycles. The summed E-state index contributed by atoms with van der Waals surface area (Å²) >= 11 is 0. The number of hydrogen-bond acceptors (Lipinski definition) is 2. The van der Waals surface area contributed by atoms with E-state index in [0.29, 0.717) is 18.8 Å². The summed E-state index contributed by atoms with van der Waals surface area (Å²) in [7, 11) is -3.56. The van der Waals surface area contributed by atoms with Gasteiger partial charge in [-0.2, -0.15) is 0 Å². The minimum absolute atomic E-state index is 0. The maximum absolute atomic E-state index is 10.8. The van der Waals surface area contributed by atoms with Crippen LogP contribution in [-0.4, -0.2) is 13.7 Å². The summed E-state index contributed by atoms with van der Waals surface area (Å²) in [5, 5.41) is 6.45. The smallest absolute Gasteiger partial charge is 0.564 e. The molecule has 0 bridgehead atoms. The first-order chi connectivity index (χ1) is 5.38. The maximum atomic E-state index is 10.8. The predicted octanol–water partition coefficient (Wildman–Crippen LogP) is -0.413. The van der Waals surface area contributed by atoms with Crippen LogP contribution in [0.25, 0.3) is 5.14 Å². The van der Waals surface area contributed by atoms with E-state index in [1.54, 1.807) is 0 Å². The van der Waals surface area contributed by atoms with Gasteiger partial charge in [0, 0.05) is 5.25 Å². The zero-order valence-corrected chi connectivity index (χ0v) is 12.9. The zero-order valence-electron chi connectivity index (χ0n) is 9.00. The molecule has 0 aliphatic carbocycles. The molecule has 74 valence electrons. The van der Waals surface area contributed by atoms with Gasteiger partial charge in [-0.25, -0.2) is 8.42 Å². The second-order valence-corrected chi connectivity index (χ2v) is 5.30. The molecule has 0 aromatic rings. The van der Waals surface area contributed by atoms with Gasteiger partial charge >= 0.3 is 51.4 Å². The molecule has 0 saturated carbocycles. The van der Waals surface area contributed by atoms with Crippen molar-refractivity contribution in [3.63, 3.8) is 0 Å². The Balaban J connectivity index is 0. The van der Waals surface area contributed by atoms with Crippen molar-refractivity contribution in [3.8, 4) is 0 Å². The molecular weight excluding hydrogens is 213 g/mol. The largest absolute Gasteiger partial charge is 1.00 e. The first kappa shape index (κ1) is 17.0. The van der Waals surface area contributed by atoms with Gasteiger partial charge in [0.1, 0.15) is 0 Å². The molecule has 0 aromatic carbocycles. The number of nitrogens with one attached hydrogen (secondary N) is 1. The van der Waals surface area contributed by atoms with Crippen LogP contribution < -0.4 is 51.4 Å². The zero-order chi connectivity index (χ0) is 9.78. The maximum Gasteiger partial charge on any atom is 1.00 e. The summed E-state index contributed by atoms with van der Waals surface area (Å²) in [6.45, 7) is 5.93. The van der Waals surface area contributed by atoms with E-state index in [1.807, 2.05) is 6.92 Å². The summed E-state index contributed by atoms with van der Waals surface area (Å²) in [5.41, 5.74) is 0. The Labute approximate surface area is 124 Å². The van der Waals surface area contributed by atoms with Crippen molar-refractivity contribution in [2.45, 2.75) is 45.3 Å². The Morgan fingerprint density at radius 1 is 1.23 bits per heavy atom. The van der Waals surface area contributed by atoms with Crippen molar-refractivity contribution < 1.29 is 59.8 Å². The molecule has 0 saturated heterocycles. The summed E-state index contributed by atoms with van der Waals surface area (Å²) in [6, 6.07) is 0. The van der Waals surface area contributed by atoms with Crippen molar-refractivity contribution in [1.82, 2.24) is 0 Å². The number of hydrogen-bond donors (Lipinski definition) is 0. The third kappa shape index (κ3) is 8.54. The summed E-state index contributed by atoms with van der Waals surface area (Å²) < 4.78 is 21.7. The van der Waals surface area contributed by atoms with Crippen molar-refractivity contribution in [2.75, 3.05) is 0 Å². The second kappa shape index (κ2) is 7.79. The van der Waals surface area contributed by atoms with E-state index in [9.17, 15) is 8.42 Å². The predicted molar refractivity (Wildman–Crippen MR) is 51.4 cm³/mol. The first-order valence-electron chi connectivity index (χ1n) is 4.36. The third-order valence-electron chi connectivity index (χ3n) is 1.96. The Hall–Kier alpha value is 1.55. The van der Waals surface area contributed by atoms with Crippen LogP contribution in [0.4, 0.5) is 0 Å². The molecule has 0 radical (unpaired) electrons. The van der Waals surface area contributed by atoms with Crippen LogP contribution in [0.2, 0.25) is 0 Å². The average molecular weight is 231 g/mol. The van der Waals surface area contributed by atoms with Gasteiger partial charge in [0.15, 0.2) is 0 Å². The van der Waals surface area contributed by atoms with E-state index < -0.39 is 15.3 Å². The molecule has 13 heavy (non-hydrogen) atoms. The Morgan fingerprint density at radius 2 is 1.69 bits per heavy atom. The molecule has 0 aliphatic rings. The number of rotatable bonds is 5. The minimum atomic E-state index is -3.56. The van der Waals surface area contributed by atoms with E-state index >= 15 is 0 Å². The summed E-state index contributed by atoms with van der Waals surface area (Å²) in [4.78, 5) is 0. The van der Waals surface area contributed by atoms with Gasteiger partial charge < -0.3 is 5.14 Å². The monoisotopic (exact) mass is 231 g/mol. The fourth-order valence-electron chi connectivity index (χ4n) is 1.10. The van der Waals surface area contributed by atoms with E-state index in [4.69, 9.17) is 5.14 Å². The molecule has 5 heteroatoms. The van der Waals surface area contributed by atoms with Crippen molar-refractivity contribution in [1.29, 1.82) is 0 Å². The third-order valence-corrected chi connectivity index (χ3v) is 3.41. The SMILES string of the molecule is CCC(CCC(C)C)S([NH-])(=O)=O.[K+]. The van der Waals surface area contributed by atoms with Crippen LogP contribution in [0.5, 0.6) is 0 Å². The van der Waals surface area contributed by atoms with Crippen LogP contribution in [0, 0.1) is 5.92 Å². The van der Waals surface area contributed by atoms with Gasteiger partial charge in [-0.05, 0) is 25.2 Å². The van der Waals surface area contributed by atoms with Gasteiger partial charge in [-0.1, -0.05) is 20.8 Å².